The summed E-state index contributed by atoms with van der Waals surface area (Å²) in [7, 11) is -3.95. The second-order valence-corrected chi connectivity index (χ2v) is 5.64. The van der Waals surface area contributed by atoms with E-state index in [1.54, 1.807) is 12.1 Å². The lowest BCUT2D eigenvalue weighted by atomic mass is 10.2. The van der Waals surface area contributed by atoms with E-state index in [0.717, 1.165) is 5.56 Å². The largest absolute Gasteiger partial charge is 0.379 e. The van der Waals surface area contributed by atoms with Crippen molar-refractivity contribution in [1.29, 1.82) is 0 Å². The first kappa shape index (κ1) is 14.0. The molecule has 0 fully saturated rings. The average molecular weight is 292 g/mol. The van der Waals surface area contributed by atoms with Crippen LogP contribution in [0.15, 0.2) is 47.5 Å². The number of nitrogens with zero attached hydrogens (tertiary/aromatic N) is 1. The molecule has 0 spiro atoms. The van der Waals surface area contributed by atoms with Crippen molar-refractivity contribution in [2.24, 2.45) is 5.73 Å². The minimum atomic E-state index is -3.95. The number of aryl methyl sites for hydroxylation is 1. The van der Waals surface area contributed by atoms with E-state index in [0.29, 0.717) is 0 Å². The van der Waals surface area contributed by atoms with Gasteiger partial charge >= 0.3 is 10.1 Å². The third-order valence-electron chi connectivity index (χ3n) is 2.50. The molecule has 2 rings (SSSR count). The SMILES string of the molecule is Cc1ccc(S(=O)(=O)Oc2ccnc(C(N)=O)c2)cc1. The Hall–Kier alpha value is -2.41. The summed E-state index contributed by atoms with van der Waals surface area (Å²) in [5.41, 5.74) is 5.93. The van der Waals surface area contributed by atoms with Crippen LogP contribution in [-0.4, -0.2) is 19.3 Å². The Labute approximate surface area is 116 Å². The van der Waals surface area contributed by atoms with Crippen molar-refractivity contribution >= 4 is 16.0 Å². The van der Waals surface area contributed by atoms with Crippen LogP contribution >= 0.6 is 0 Å². The minimum Gasteiger partial charge on any atom is -0.379 e. The molecule has 0 radical (unpaired) electrons. The molecule has 7 heteroatoms. The van der Waals surface area contributed by atoms with Gasteiger partial charge in [0.25, 0.3) is 5.91 Å². The maximum Gasteiger partial charge on any atom is 0.339 e. The third-order valence-corrected chi connectivity index (χ3v) is 3.76. The standard InChI is InChI=1S/C13H12N2O4S/c1-9-2-4-11(5-3-9)20(17,18)19-10-6-7-15-12(8-10)13(14)16/h2-8H,1H3,(H2,14,16). The maximum atomic E-state index is 12.0. The Kier molecular flexibility index (Phi) is 3.71. The van der Waals surface area contributed by atoms with Gasteiger partial charge in [-0.25, -0.2) is 0 Å². The number of pyridine rings is 1. The van der Waals surface area contributed by atoms with Gasteiger partial charge < -0.3 is 9.92 Å². The highest BCUT2D eigenvalue weighted by atomic mass is 32.2. The number of amides is 1. The summed E-state index contributed by atoms with van der Waals surface area (Å²) in [5.74, 6) is -0.780. The number of benzene rings is 1. The lowest BCUT2D eigenvalue weighted by Crippen LogP contribution is -2.14. The molecule has 0 unspecified atom stereocenters. The van der Waals surface area contributed by atoms with Gasteiger partial charge in [-0.05, 0) is 19.1 Å². The van der Waals surface area contributed by atoms with Crippen LogP contribution in [0.4, 0.5) is 0 Å². The Bertz CT molecular complexity index is 739. The van der Waals surface area contributed by atoms with Crippen LogP contribution in [0, 0.1) is 6.92 Å². The van der Waals surface area contributed by atoms with Crippen molar-refractivity contribution in [3.05, 3.63) is 53.9 Å². The Morgan fingerprint density at radius 1 is 1.20 bits per heavy atom. The topological polar surface area (TPSA) is 99.3 Å². The van der Waals surface area contributed by atoms with Crippen LogP contribution in [0.3, 0.4) is 0 Å². The molecule has 1 aromatic heterocycles. The summed E-state index contributed by atoms with van der Waals surface area (Å²) in [4.78, 5) is 14.7. The first-order valence-electron chi connectivity index (χ1n) is 5.65. The van der Waals surface area contributed by atoms with Crippen molar-refractivity contribution in [1.82, 2.24) is 4.98 Å². The number of carbonyl (C=O) groups excluding carboxylic acids is 1. The molecule has 0 saturated carbocycles. The van der Waals surface area contributed by atoms with Gasteiger partial charge in [-0.2, -0.15) is 8.42 Å². The number of aromatic nitrogens is 1. The summed E-state index contributed by atoms with van der Waals surface area (Å²) in [6.07, 6.45) is 1.25. The number of nitrogens with two attached hydrogens (primary N) is 1. The zero-order valence-electron chi connectivity index (χ0n) is 10.6. The highest BCUT2D eigenvalue weighted by Gasteiger charge is 2.17. The van der Waals surface area contributed by atoms with E-state index in [4.69, 9.17) is 9.92 Å². The van der Waals surface area contributed by atoms with Gasteiger partial charge in [0, 0.05) is 18.3 Å². The molecular formula is C13H12N2O4S. The van der Waals surface area contributed by atoms with Crippen LogP contribution in [-0.2, 0) is 10.1 Å². The van der Waals surface area contributed by atoms with E-state index < -0.39 is 16.0 Å². The Morgan fingerprint density at radius 3 is 2.45 bits per heavy atom. The van der Waals surface area contributed by atoms with Gasteiger partial charge in [0.1, 0.15) is 16.3 Å². The fraction of sp³-hybridized carbons (Fsp3) is 0.0769. The van der Waals surface area contributed by atoms with E-state index in [-0.39, 0.29) is 16.3 Å². The summed E-state index contributed by atoms with van der Waals surface area (Å²) in [6, 6.07) is 8.73. The second-order valence-electron chi connectivity index (χ2n) is 4.09. The normalized spacial score (nSPS) is 11.1. The zero-order chi connectivity index (χ0) is 14.8. The first-order valence-corrected chi connectivity index (χ1v) is 7.06. The predicted molar refractivity (Wildman–Crippen MR) is 71.7 cm³/mol. The van der Waals surface area contributed by atoms with Gasteiger partial charge in [0.2, 0.25) is 0 Å². The van der Waals surface area contributed by atoms with E-state index in [2.05, 4.69) is 4.98 Å². The quantitative estimate of drug-likeness (QED) is 0.855. The fourth-order valence-electron chi connectivity index (χ4n) is 1.48. The molecule has 0 aliphatic rings. The Balaban J connectivity index is 2.31. The summed E-state index contributed by atoms with van der Waals surface area (Å²) in [5, 5.41) is 0. The Morgan fingerprint density at radius 2 is 1.85 bits per heavy atom. The molecular weight excluding hydrogens is 280 g/mol. The molecule has 0 aliphatic carbocycles. The van der Waals surface area contributed by atoms with E-state index in [1.165, 1.54) is 30.5 Å². The third kappa shape index (κ3) is 3.12. The predicted octanol–water partition coefficient (Wildman–Crippen LogP) is 1.26. The smallest absolute Gasteiger partial charge is 0.339 e. The molecule has 2 aromatic rings. The first-order chi connectivity index (χ1) is 9.38. The van der Waals surface area contributed by atoms with Crippen LogP contribution in [0.25, 0.3) is 0 Å². The summed E-state index contributed by atoms with van der Waals surface area (Å²) < 4.78 is 29.0. The molecule has 1 heterocycles. The lowest BCUT2D eigenvalue weighted by Gasteiger charge is -2.07. The van der Waals surface area contributed by atoms with Gasteiger partial charge in [0.15, 0.2) is 0 Å². The molecule has 0 saturated heterocycles. The molecule has 6 nitrogen and oxygen atoms in total. The molecule has 20 heavy (non-hydrogen) atoms. The average Bonchev–Trinajstić information content (AvgIpc) is 2.39. The molecule has 1 amide bonds. The van der Waals surface area contributed by atoms with E-state index in [1.807, 2.05) is 6.92 Å². The monoisotopic (exact) mass is 292 g/mol. The van der Waals surface area contributed by atoms with Crippen LogP contribution < -0.4 is 9.92 Å². The molecule has 104 valence electrons. The zero-order valence-corrected chi connectivity index (χ0v) is 11.4. The summed E-state index contributed by atoms with van der Waals surface area (Å²) in [6.45, 7) is 1.85. The maximum absolute atomic E-state index is 12.0. The fourth-order valence-corrected chi connectivity index (χ4v) is 2.40. The van der Waals surface area contributed by atoms with Gasteiger partial charge in [-0.15, -0.1) is 0 Å². The van der Waals surface area contributed by atoms with Crippen LogP contribution in [0.1, 0.15) is 16.1 Å². The van der Waals surface area contributed by atoms with Gasteiger partial charge in [0.05, 0.1) is 0 Å². The van der Waals surface area contributed by atoms with E-state index >= 15 is 0 Å². The van der Waals surface area contributed by atoms with Crippen LogP contribution in [0.2, 0.25) is 0 Å². The molecule has 0 atom stereocenters. The van der Waals surface area contributed by atoms with Crippen molar-refractivity contribution in [2.75, 3.05) is 0 Å². The molecule has 2 N–H and O–H groups in total. The lowest BCUT2D eigenvalue weighted by molar-refractivity contribution is 0.0995. The van der Waals surface area contributed by atoms with E-state index in [9.17, 15) is 13.2 Å². The minimum absolute atomic E-state index is 0.0191. The molecule has 0 bridgehead atoms. The highest BCUT2D eigenvalue weighted by Crippen LogP contribution is 2.19. The van der Waals surface area contributed by atoms with Gasteiger partial charge in [-0.3, -0.25) is 9.78 Å². The van der Waals surface area contributed by atoms with Crippen molar-refractivity contribution in [2.45, 2.75) is 11.8 Å². The summed E-state index contributed by atoms with van der Waals surface area (Å²) >= 11 is 0. The van der Waals surface area contributed by atoms with Crippen LogP contribution in [0.5, 0.6) is 5.75 Å². The number of hydrogen-bond acceptors (Lipinski definition) is 5. The van der Waals surface area contributed by atoms with Gasteiger partial charge in [-0.1, -0.05) is 17.7 Å². The number of hydrogen-bond donors (Lipinski definition) is 1. The molecule has 1 aromatic carbocycles. The van der Waals surface area contributed by atoms with Crippen molar-refractivity contribution in [3.8, 4) is 5.75 Å². The number of primary amides is 1. The van der Waals surface area contributed by atoms with Crippen molar-refractivity contribution in [3.63, 3.8) is 0 Å². The molecule has 0 aliphatic heterocycles. The second kappa shape index (κ2) is 5.30. The highest BCUT2D eigenvalue weighted by molar-refractivity contribution is 7.87. The number of carbonyl (C=O) groups is 1. The number of rotatable bonds is 4. The van der Waals surface area contributed by atoms with Crippen molar-refractivity contribution < 1.29 is 17.4 Å².